The van der Waals surface area contributed by atoms with E-state index in [9.17, 15) is 0 Å². The highest BCUT2D eigenvalue weighted by Gasteiger charge is 2.19. The zero-order chi connectivity index (χ0) is 13.9. The minimum absolute atomic E-state index is 0.492. The van der Waals surface area contributed by atoms with E-state index >= 15 is 0 Å². The minimum atomic E-state index is 0.492. The molecule has 1 aromatic heterocycles. The molecule has 0 spiro atoms. The van der Waals surface area contributed by atoms with E-state index in [-0.39, 0.29) is 0 Å². The normalized spacial score (nSPS) is 18.7. The number of benzene rings is 1. The number of thiazole rings is 1. The molecule has 1 atom stereocenters. The highest BCUT2D eigenvalue weighted by Crippen LogP contribution is 2.25. The number of anilines is 1. The fourth-order valence-corrected chi connectivity index (χ4v) is 3.41. The van der Waals surface area contributed by atoms with Crippen LogP contribution in [0.2, 0.25) is 0 Å². The first-order valence-corrected chi connectivity index (χ1v) is 8.13. The van der Waals surface area contributed by atoms with Gasteiger partial charge < -0.3 is 10.2 Å². The summed E-state index contributed by atoms with van der Waals surface area (Å²) in [6.45, 7) is 7.29. The van der Waals surface area contributed by atoms with Crippen molar-refractivity contribution in [1.82, 2.24) is 10.3 Å². The summed E-state index contributed by atoms with van der Waals surface area (Å²) in [4.78, 5) is 7.16. The Kier molecular flexibility index (Phi) is 4.03. The van der Waals surface area contributed by atoms with Gasteiger partial charge in [0.2, 0.25) is 0 Å². The summed E-state index contributed by atoms with van der Waals surface area (Å²) in [5, 5.41) is 7.00. The van der Waals surface area contributed by atoms with Crippen molar-refractivity contribution in [3.8, 4) is 0 Å². The number of rotatable bonds is 3. The topological polar surface area (TPSA) is 28.2 Å². The van der Waals surface area contributed by atoms with Crippen LogP contribution in [0.1, 0.15) is 30.1 Å². The van der Waals surface area contributed by atoms with E-state index in [1.165, 1.54) is 22.0 Å². The highest BCUT2D eigenvalue weighted by atomic mass is 32.1. The molecule has 0 bridgehead atoms. The molecule has 1 aliphatic heterocycles. The van der Waals surface area contributed by atoms with Gasteiger partial charge in [0.25, 0.3) is 0 Å². The molecule has 2 aromatic rings. The number of aryl methyl sites for hydroxylation is 1. The summed E-state index contributed by atoms with van der Waals surface area (Å²) >= 11 is 1.77. The second-order valence-electron chi connectivity index (χ2n) is 5.38. The van der Waals surface area contributed by atoms with Crippen molar-refractivity contribution in [3.05, 3.63) is 45.9 Å². The molecule has 3 nitrogen and oxygen atoms in total. The smallest absolute Gasteiger partial charge is 0.0926 e. The first-order valence-electron chi connectivity index (χ1n) is 7.25. The molecule has 20 heavy (non-hydrogen) atoms. The molecule has 1 aliphatic rings. The third kappa shape index (κ3) is 2.86. The van der Waals surface area contributed by atoms with E-state index in [0.29, 0.717) is 6.04 Å². The molecule has 1 unspecified atom stereocenters. The maximum Gasteiger partial charge on any atom is 0.0926 e. The van der Waals surface area contributed by atoms with Gasteiger partial charge >= 0.3 is 0 Å². The van der Waals surface area contributed by atoms with Crippen molar-refractivity contribution in [1.29, 1.82) is 0 Å². The largest absolute Gasteiger partial charge is 0.364 e. The van der Waals surface area contributed by atoms with Gasteiger partial charge in [0.05, 0.1) is 17.2 Å². The van der Waals surface area contributed by atoms with Gasteiger partial charge in [-0.05, 0) is 25.0 Å². The van der Waals surface area contributed by atoms with Crippen molar-refractivity contribution in [2.24, 2.45) is 0 Å². The highest BCUT2D eigenvalue weighted by molar-refractivity contribution is 7.09. The third-order valence-corrected chi connectivity index (χ3v) is 4.76. The third-order valence-electron chi connectivity index (χ3n) is 3.72. The number of aromatic nitrogens is 1. The Morgan fingerprint density at radius 1 is 1.40 bits per heavy atom. The molecule has 0 saturated carbocycles. The van der Waals surface area contributed by atoms with Crippen LogP contribution >= 0.6 is 11.3 Å². The molecule has 0 radical (unpaired) electrons. The molecule has 2 heterocycles. The zero-order valence-electron chi connectivity index (χ0n) is 12.1. The molecular formula is C16H21N3S. The molecule has 3 rings (SSSR count). The lowest BCUT2D eigenvalue weighted by Crippen LogP contribution is -2.35. The maximum absolute atomic E-state index is 4.71. The van der Waals surface area contributed by atoms with Gasteiger partial charge in [-0.1, -0.05) is 25.1 Å². The lowest BCUT2D eigenvalue weighted by atomic mass is 10.1. The Hall–Kier alpha value is -1.39. The molecule has 0 amide bonds. The van der Waals surface area contributed by atoms with Crippen LogP contribution in [0.15, 0.2) is 29.6 Å². The molecular weight excluding hydrogens is 266 g/mol. The summed E-state index contributed by atoms with van der Waals surface area (Å²) in [5.41, 5.74) is 3.91. The number of para-hydroxylation sites is 1. The molecule has 0 saturated heterocycles. The number of hydrogen-bond acceptors (Lipinski definition) is 4. The van der Waals surface area contributed by atoms with Crippen LogP contribution in [-0.2, 0) is 19.5 Å². The van der Waals surface area contributed by atoms with Crippen molar-refractivity contribution < 1.29 is 0 Å². The van der Waals surface area contributed by atoms with Crippen LogP contribution in [-0.4, -0.2) is 17.6 Å². The lowest BCUT2D eigenvalue weighted by molar-refractivity contribution is 0.551. The standard InChI is InChI=1S/C16H21N3S/c1-3-16-18-14(11-20-16)10-19-9-12(2)17-8-13-6-4-5-7-15(13)19/h4-7,11-12,17H,3,8-10H2,1-2H3. The molecule has 0 fully saturated rings. The summed E-state index contributed by atoms with van der Waals surface area (Å²) in [6.07, 6.45) is 1.03. The number of nitrogens with zero attached hydrogens (tertiary/aromatic N) is 2. The summed E-state index contributed by atoms with van der Waals surface area (Å²) in [7, 11) is 0. The van der Waals surface area contributed by atoms with Crippen LogP contribution < -0.4 is 10.2 Å². The van der Waals surface area contributed by atoms with E-state index in [4.69, 9.17) is 4.98 Å². The van der Waals surface area contributed by atoms with Crippen molar-refractivity contribution >= 4 is 17.0 Å². The summed E-state index contributed by atoms with van der Waals surface area (Å²) in [5.74, 6) is 0. The predicted molar refractivity (Wildman–Crippen MR) is 85.3 cm³/mol. The maximum atomic E-state index is 4.71. The van der Waals surface area contributed by atoms with Crippen LogP contribution in [0.25, 0.3) is 0 Å². The van der Waals surface area contributed by atoms with Crippen LogP contribution in [0.5, 0.6) is 0 Å². The average molecular weight is 287 g/mol. The van der Waals surface area contributed by atoms with E-state index in [1.54, 1.807) is 11.3 Å². The van der Waals surface area contributed by atoms with Gasteiger partial charge in [0.15, 0.2) is 0 Å². The van der Waals surface area contributed by atoms with E-state index in [1.807, 2.05) is 0 Å². The van der Waals surface area contributed by atoms with Crippen LogP contribution in [0.3, 0.4) is 0 Å². The molecule has 106 valence electrons. The predicted octanol–water partition coefficient (Wildman–Crippen LogP) is 3.20. The average Bonchev–Trinajstić information content (AvgIpc) is 2.86. The van der Waals surface area contributed by atoms with Gasteiger partial charge in [-0.3, -0.25) is 0 Å². The van der Waals surface area contributed by atoms with Crippen LogP contribution in [0, 0.1) is 0 Å². The van der Waals surface area contributed by atoms with E-state index < -0.39 is 0 Å². The second kappa shape index (κ2) is 5.94. The number of nitrogens with one attached hydrogen (secondary N) is 1. The quantitative estimate of drug-likeness (QED) is 0.939. The van der Waals surface area contributed by atoms with E-state index in [2.05, 4.69) is 53.7 Å². The van der Waals surface area contributed by atoms with Gasteiger partial charge in [0.1, 0.15) is 0 Å². The molecule has 0 aliphatic carbocycles. The second-order valence-corrected chi connectivity index (χ2v) is 6.32. The van der Waals surface area contributed by atoms with Gasteiger partial charge in [0, 0.05) is 30.2 Å². The van der Waals surface area contributed by atoms with E-state index in [0.717, 1.165) is 26.1 Å². The van der Waals surface area contributed by atoms with Gasteiger partial charge in [-0.2, -0.15) is 0 Å². The first kappa shape index (κ1) is 13.6. The first-order chi connectivity index (χ1) is 9.76. The Labute approximate surface area is 124 Å². The lowest BCUT2D eigenvalue weighted by Gasteiger charge is -2.25. The van der Waals surface area contributed by atoms with Crippen LogP contribution in [0.4, 0.5) is 5.69 Å². The Morgan fingerprint density at radius 3 is 3.05 bits per heavy atom. The molecule has 1 N–H and O–H groups in total. The zero-order valence-corrected chi connectivity index (χ0v) is 12.9. The SMILES string of the molecule is CCc1nc(CN2CC(C)NCc3ccccc32)cs1. The van der Waals surface area contributed by atoms with Gasteiger partial charge in [-0.25, -0.2) is 4.98 Å². The molecule has 4 heteroatoms. The van der Waals surface area contributed by atoms with Gasteiger partial charge in [-0.15, -0.1) is 11.3 Å². The fraction of sp³-hybridized carbons (Fsp3) is 0.438. The summed E-state index contributed by atoms with van der Waals surface area (Å²) < 4.78 is 0. The van der Waals surface area contributed by atoms with Crippen molar-refractivity contribution in [2.75, 3.05) is 11.4 Å². The Balaban J connectivity index is 1.86. The Bertz CT molecular complexity index is 579. The van der Waals surface area contributed by atoms with Crippen molar-refractivity contribution in [3.63, 3.8) is 0 Å². The molecule has 1 aromatic carbocycles. The summed E-state index contributed by atoms with van der Waals surface area (Å²) in [6, 6.07) is 9.17. The Morgan fingerprint density at radius 2 is 2.25 bits per heavy atom. The number of hydrogen-bond donors (Lipinski definition) is 1. The number of fused-ring (bicyclic) bond motifs is 1. The monoisotopic (exact) mass is 287 g/mol. The van der Waals surface area contributed by atoms with Crippen molar-refractivity contribution in [2.45, 2.75) is 39.4 Å². The minimum Gasteiger partial charge on any atom is -0.364 e. The fourth-order valence-electron chi connectivity index (χ4n) is 2.68.